The van der Waals surface area contributed by atoms with E-state index in [1.807, 2.05) is 6.07 Å². The van der Waals surface area contributed by atoms with Crippen molar-refractivity contribution in [2.45, 2.75) is 13.5 Å². The molecule has 130 valence electrons. The highest BCUT2D eigenvalue weighted by atomic mass is 15.2. The molecule has 0 spiro atoms. The lowest BCUT2D eigenvalue weighted by Crippen LogP contribution is -2.43. The molecule has 5 nitrogen and oxygen atoms in total. The Hall–Kier alpha value is -2.37. The average Bonchev–Trinajstić information content (AvgIpc) is 3.00. The molecule has 0 bridgehead atoms. The van der Waals surface area contributed by atoms with Gasteiger partial charge in [0.15, 0.2) is 0 Å². The minimum Gasteiger partial charge on any atom is -0.326 e. The summed E-state index contributed by atoms with van der Waals surface area (Å²) < 4.78 is 0. The number of nitrogens with zero attached hydrogens (tertiary/aromatic N) is 3. The first-order valence-corrected chi connectivity index (χ1v) is 8.89. The van der Waals surface area contributed by atoms with Crippen molar-refractivity contribution < 1.29 is 0 Å². The number of aromatic amines is 1. The first-order valence-electron chi connectivity index (χ1n) is 8.89. The lowest BCUT2D eigenvalue weighted by atomic mass is 10.2. The molecule has 1 aliphatic heterocycles. The van der Waals surface area contributed by atoms with E-state index in [2.05, 4.69) is 75.5 Å². The number of anilines is 2. The zero-order valence-electron chi connectivity index (χ0n) is 14.9. The van der Waals surface area contributed by atoms with E-state index in [1.54, 1.807) is 0 Å². The van der Waals surface area contributed by atoms with Gasteiger partial charge in [-0.1, -0.05) is 18.2 Å². The van der Waals surface area contributed by atoms with Crippen LogP contribution in [0.25, 0.3) is 11.0 Å². The molecule has 25 heavy (non-hydrogen) atoms. The number of piperazine rings is 1. The number of hydrogen-bond acceptors (Lipinski definition) is 4. The summed E-state index contributed by atoms with van der Waals surface area (Å²) in [5.41, 5.74) is 5.69. The van der Waals surface area contributed by atoms with Gasteiger partial charge in [-0.05, 0) is 49.4 Å². The summed E-state index contributed by atoms with van der Waals surface area (Å²) in [6, 6.07) is 14.9. The molecular formula is C20H25N5. The van der Waals surface area contributed by atoms with E-state index >= 15 is 0 Å². The van der Waals surface area contributed by atoms with Gasteiger partial charge in [-0.2, -0.15) is 0 Å². The van der Waals surface area contributed by atoms with Crippen LogP contribution in [0.1, 0.15) is 11.1 Å². The molecule has 1 saturated heterocycles. The molecule has 0 radical (unpaired) electrons. The molecule has 1 fully saturated rings. The monoisotopic (exact) mass is 335 g/mol. The van der Waals surface area contributed by atoms with Crippen LogP contribution in [0.3, 0.4) is 0 Å². The van der Waals surface area contributed by atoms with Crippen LogP contribution in [0.4, 0.5) is 11.6 Å². The fraction of sp³-hybridized carbons (Fsp3) is 0.350. The van der Waals surface area contributed by atoms with E-state index in [0.29, 0.717) is 0 Å². The predicted octanol–water partition coefficient (Wildman–Crippen LogP) is 3.36. The number of H-pyrrole nitrogens is 1. The van der Waals surface area contributed by atoms with Gasteiger partial charge in [-0.3, -0.25) is 4.90 Å². The topological polar surface area (TPSA) is 47.2 Å². The number of imidazole rings is 1. The van der Waals surface area contributed by atoms with Crippen molar-refractivity contribution >= 4 is 22.7 Å². The molecule has 2 heterocycles. The molecular weight excluding hydrogens is 310 g/mol. The summed E-state index contributed by atoms with van der Waals surface area (Å²) >= 11 is 0. The molecule has 2 N–H and O–H groups in total. The maximum atomic E-state index is 4.59. The first-order chi connectivity index (χ1) is 12.2. The number of nitrogens with one attached hydrogen (secondary N) is 2. The molecule has 1 aliphatic rings. The first kappa shape index (κ1) is 16.1. The quantitative estimate of drug-likeness (QED) is 0.767. The van der Waals surface area contributed by atoms with Crippen molar-refractivity contribution in [2.75, 3.05) is 38.5 Å². The van der Waals surface area contributed by atoms with Gasteiger partial charge < -0.3 is 15.2 Å². The van der Waals surface area contributed by atoms with E-state index < -0.39 is 0 Å². The van der Waals surface area contributed by atoms with Crippen molar-refractivity contribution in [3.8, 4) is 0 Å². The van der Waals surface area contributed by atoms with Crippen LogP contribution in [0.15, 0.2) is 42.5 Å². The standard InChI is InChI=1S/C20H25N5/c1-15-3-8-18-19(13-15)23-20(22-18)21-17-6-4-16(5-7-17)14-25-11-9-24(2)10-12-25/h3-8,13H,9-12,14H2,1-2H3,(H2,21,22,23). The smallest absolute Gasteiger partial charge is 0.205 e. The van der Waals surface area contributed by atoms with E-state index in [0.717, 1.165) is 55.4 Å². The summed E-state index contributed by atoms with van der Waals surface area (Å²) in [7, 11) is 2.19. The number of benzene rings is 2. The highest BCUT2D eigenvalue weighted by molar-refractivity contribution is 5.79. The lowest BCUT2D eigenvalue weighted by molar-refractivity contribution is 0.148. The Morgan fingerprint density at radius 2 is 1.80 bits per heavy atom. The molecule has 0 saturated carbocycles. The van der Waals surface area contributed by atoms with E-state index in [9.17, 15) is 0 Å². The lowest BCUT2D eigenvalue weighted by Gasteiger charge is -2.32. The number of rotatable bonds is 4. The number of aryl methyl sites for hydroxylation is 1. The third-order valence-electron chi connectivity index (χ3n) is 4.86. The molecule has 0 unspecified atom stereocenters. The molecule has 4 rings (SSSR count). The SMILES string of the molecule is Cc1ccc2nc(Nc3ccc(CN4CCN(C)CC4)cc3)[nH]c2c1. The normalized spacial score (nSPS) is 16.4. The predicted molar refractivity (Wildman–Crippen MR) is 103 cm³/mol. The maximum absolute atomic E-state index is 4.59. The number of likely N-dealkylation sites (N-methyl/N-ethyl adjacent to an activating group) is 1. The largest absolute Gasteiger partial charge is 0.326 e. The van der Waals surface area contributed by atoms with Gasteiger partial charge in [-0.15, -0.1) is 0 Å². The van der Waals surface area contributed by atoms with Gasteiger partial charge in [-0.25, -0.2) is 4.98 Å². The summed E-state index contributed by atoms with van der Waals surface area (Å²) in [6.45, 7) is 7.73. The molecule has 1 aromatic heterocycles. The molecule has 0 aliphatic carbocycles. The second kappa shape index (κ2) is 6.86. The highest BCUT2D eigenvalue weighted by Gasteiger charge is 2.13. The number of aromatic nitrogens is 2. The van der Waals surface area contributed by atoms with Crippen LogP contribution >= 0.6 is 0 Å². The van der Waals surface area contributed by atoms with Gasteiger partial charge in [0, 0.05) is 38.4 Å². The molecule has 0 amide bonds. The van der Waals surface area contributed by atoms with Crippen molar-refractivity contribution in [1.82, 2.24) is 19.8 Å². The van der Waals surface area contributed by atoms with Crippen molar-refractivity contribution in [3.63, 3.8) is 0 Å². The molecule has 0 atom stereocenters. The fourth-order valence-corrected chi connectivity index (χ4v) is 3.28. The zero-order valence-corrected chi connectivity index (χ0v) is 14.9. The second-order valence-electron chi connectivity index (χ2n) is 7.01. The van der Waals surface area contributed by atoms with Crippen LogP contribution in [0, 0.1) is 6.92 Å². The van der Waals surface area contributed by atoms with Crippen LogP contribution in [-0.4, -0.2) is 53.0 Å². The number of hydrogen-bond donors (Lipinski definition) is 2. The third-order valence-corrected chi connectivity index (χ3v) is 4.86. The second-order valence-corrected chi connectivity index (χ2v) is 7.01. The Balaban J connectivity index is 1.41. The Bertz CT molecular complexity index is 844. The summed E-state index contributed by atoms with van der Waals surface area (Å²) in [5.74, 6) is 0.785. The summed E-state index contributed by atoms with van der Waals surface area (Å²) in [6.07, 6.45) is 0. The summed E-state index contributed by atoms with van der Waals surface area (Å²) in [4.78, 5) is 12.8. The Kier molecular flexibility index (Phi) is 4.42. The summed E-state index contributed by atoms with van der Waals surface area (Å²) in [5, 5.41) is 3.36. The van der Waals surface area contributed by atoms with Gasteiger partial charge in [0.2, 0.25) is 5.95 Å². The van der Waals surface area contributed by atoms with Crippen LogP contribution in [-0.2, 0) is 6.54 Å². The van der Waals surface area contributed by atoms with Crippen molar-refractivity contribution in [2.24, 2.45) is 0 Å². The van der Waals surface area contributed by atoms with Gasteiger partial charge >= 0.3 is 0 Å². The maximum Gasteiger partial charge on any atom is 0.205 e. The number of fused-ring (bicyclic) bond motifs is 1. The molecule has 3 aromatic rings. The van der Waals surface area contributed by atoms with E-state index in [-0.39, 0.29) is 0 Å². The minimum absolute atomic E-state index is 0.785. The third kappa shape index (κ3) is 3.83. The Morgan fingerprint density at radius 3 is 2.56 bits per heavy atom. The van der Waals surface area contributed by atoms with Gasteiger partial charge in [0.05, 0.1) is 11.0 Å². The van der Waals surface area contributed by atoms with E-state index in [1.165, 1.54) is 11.1 Å². The fourth-order valence-electron chi connectivity index (χ4n) is 3.28. The van der Waals surface area contributed by atoms with Gasteiger partial charge in [0.25, 0.3) is 0 Å². The Morgan fingerprint density at radius 1 is 1.04 bits per heavy atom. The van der Waals surface area contributed by atoms with Crippen LogP contribution in [0.5, 0.6) is 0 Å². The average molecular weight is 335 g/mol. The zero-order chi connectivity index (χ0) is 17.2. The van der Waals surface area contributed by atoms with E-state index in [4.69, 9.17) is 0 Å². The highest BCUT2D eigenvalue weighted by Crippen LogP contribution is 2.20. The Labute approximate surface area is 148 Å². The molecule has 5 heteroatoms. The van der Waals surface area contributed by atoms with Gasteiger partial charge in [0.1, 0.15) is 0 Å². The minimum atomic E-state index is 0.785. The van der Waals surface area contributed by atoms with Crippen molar-refractivity contribution in [3.05, 3.63) is 53.6 Å². The molecule has 2 aromatic carbocycles. The van der Waals surface area contributed by atoms with Crippen LogP contribution in [0.2, 0.25) is 0 Å². The van der Waals surface area contributed by atoms with Crippen LogP contribution < -0.4 is 5.32 Å². The van der Waals surface area contributed by atoms with Crippen molar-refractivity contribution in [1.29, 1.82) is 0 Å².